The van der Waals surface area contributed by atoms with E-state index in [0.717, 1.165) is 59.5 Å². The van der Waals surface area contributed by atoms with Gasteiger partial charge in [0.05, 0.1) is 34.3 Å². The number of benzene rings is 7. The van der Waals surface area contributed by atoms with Crippen LogP contribution >= 0.6 is 23.5 Å². The molecular formula is C54H34B2N6O4S2. The average molecular weight is 917 g/mol. The molecule has 10 nitrogen and oxygen atoms in total. The monoisotopic (exact) mass is 916 g/mol. The van der Waals surface area contributed by atoms with E-state index in [1.807, 2.05) is 106 Å². The highest BCUT2D eigenvalue weighted by Crippen LogP contribution is 2.46. The van der Waals surface area contributed by atoms with E-state index in [1.165, 1.54) is 23.5 Å². The van der Waals surface area contributed by atoms with Gasteiger partial charge in [-0.2, -0.15) is 5.26 Å². The van der Waals surface area contributed by atoms with Gasteiger partial charge in [0, 0.05) is 42.6 Å². The second-order valence-electron chi connectivity index (χ2n) is 17.1. The first-order chi connectivity index (χ1) is 33.4. The zero-order chi connectivity index (χ0) is 45.8. The lowest BCUT2D eigenvalue weighted by Crippen LogP contribution is -2.45. The minimum atomic E-state index is -1.08. The maximum absolute atomic E-state index is 11.9. The summed E-state index contributed by atoms with van der Waals surface area (Å²) in [5.41, 5.74) is 5.41. The molecule has 14 heteroatoms. The average Bonchev–Trinajstić information content (AvgIpc) is 4.14. The van der Waals surface area contributed by atoms with Crippen LogP contribution in [0.2, 0.25) is 0 Å². The van der Waals surface area contributed by atoms with E-state index in [2.05, 4.69) is 80.2 Å². The quantitative estimate of drug-likeness (QED) is 0.121. The van der Waals surface area contributed by atoms with E-state index in [4.69, 9.17) is 28.6 Å². The molecule has 0 saturated heterocycles. The molecule has 0 saturated carbocycles. The Kier molecular flexibility index (Phi) is 9.19. The van der Waals surface area contributed by atoms with Gasteiger partial charge < -0.3 is 27.6 Å². The van der Waals surface area contributed by atoms with Crippen LogP contribution in [0.25, 0.3) is 59.7 Å². The van der Waals surface area contributed by atoms with Crippen molar-refractivity contribution in [2.24, 2.45) is 9.98 Å². The summed E-state index contributed by atoms with van der Waals surface area (Å²) in [4.78, 5) is 17.0. The van der Waals surface area contributed by atoms with Crippen LogP contribution in [0.3, 0.4) is 0 Å². The first-order valence-electron chi connectivity index (χ1n) is 22.2. The summed E-state index contributed by atoms with van der Waals surface area (Å²) in [5.74, 6) is 2.05. The van der Waals surface area contributed by atoms with Crippen molar-refractivity contribution in [3.63, 3.8) is 0 Å². The predicted molar refractivity (Wildman–Crippen MR) is 274 cm³/mol. The van der Waals surface area contributed by atoms with Crippen LogP contribution in [-0.2, 0) is 0 Å². The summed E-state index contributed by atoms with van der Waals surface area (Å²) >= 11 is 2.93. The summed E-state index contributed by atoms with van der Waals surface area (Å²) < 4.78 is 31.3. The Balaban J connectivity index is 1.25. The summed E-state index contributed by atoms with van der Waals surface area (Å²) in [6.45, 7) is 15.5. The Morgan fingerprint density at radius 1 is 0.603 bits per heavy atom. The van der Waals surface area contributed by atoms with Crippen LogP contribution in [0.15, 0.2) is 165 Å². The number of nitrogens with zero attached hydrogens (tertiary/aromatic N) is 6. The van der Waals surface area contributed by atoms with Gasteiger partial charge in [-0.1, -0.05) is 134 Å². The Morgan fingerprint density at radius 3 is 1.63 bits per heavy atom. The molecule has 9 aromatic rings. The molecule has 0 atom stereocenters. The van der Waals surface area contributed by atoms with Crippen molar-refractivity contribution in [2.45, 2.75) is 36.5 Å². The van der Waals surface area contributed by atoms with E-state index >= 15 is 0 Å². The normalized spacial score (nSPS) is 15.1. The minimum Gasteiger partial charge on any atom is -0.503 e. The summed E-state index contributed by atoms with van der Waals surface area (Å²) in [6.07, 6.45) is 0. The lowest BCUT2D eigenvalue weighted by Gasteiger charge is -2.20. The maximum Gasteiger partial charge on any atom is 0.743 e. The third-order valence-corrected chi connectivity index (χ3v) is 14.9. The predicted octanol–water partition coefficient (Wildman–Crippen LogP) is 11.8. The number of nitriles is 1. The van der Waals surface area contributed by atoms with Gasteiger partial charge in [-0.05, 0) is 77.7 Å². The van der Waals surface area contributed by atoms with Crippen molar-refractivity contribution in [3.8, 4) is 40.3 Å². The van der Waals surface area contributed by atoms with E-state index < -0.39 is 14.5 Å². The first-order valence-corrected chi connectivity index (χ1v) is 23.8. The maximum atomic E-state index is 11.9. The van der Waals surface area contributed by atoms with Gasteiger partial charge >= 0.3 is 14.5 Å². The molecule has 6 heterocycles. The standard InChI is InChI=1S/C54H34B2N6O4S2/c1-30(2)49-46-47(51(61(49)55-63-38-23-7-8-24-39(38)64-55)35(29-57)53-59-36-21-11-16-32-18-13-27-42(67-53)44(32)36)50(34-20-6-5-15-31(34)3)62(56-65-40-25-9-10-26-41(40)66-56)52(46)48(58-4)54-60-37-22-12-17-33-19-14-28-43(68-54)45(33)37/h5-28,30H,1-3H3/b51-35-,52-48+. The molecule has 0 unspecified atom stereocenters. The number of fused-ring (bicyclic) bond motifs is 3. The molecule has 0 bridgehead atoms. The van der Waals surface area contributed by atoms with Gasteiger partial charge in [0.2, 0.25) is 5.70 Å². The number of hydrogen-bond acceptors (Lipinski definition) is 9. The molecule has 68 heavy (non-hydrogen) atoms. The number of aryl methyl sites for hydroxylation is 1. The third kappa shape index (κ3) is 6.01. The first kappa shape index (κ1) is 40.3. The van der Waals surface area contributed by atoms with Crippen molar-refractivity contribution in [1.82, 2.24) is 8.96 Å². The second-order valence-corrected chi connectivity index (χ2v) is 19.2. The molecule has 2 aromatic heterocycles. The number of thioether (sulfide) groups is 2. The van der Waals surface area contributed by atoms with Crippen LogP contribution in [0.4, 0.5) is 11.4 Å². The zero-order valence-electron chi connectivity index (χ0n) is 36.7. The Hall–Kier alpha value is -8.03. The van der Waals surface area contributed by atoms with Crippen molar-refractivity contribution in [2.75, 3.05) is 0 Å². The number of hydrogen-bond donors (Lipinski definition) is 0. The van der Waals surface area contributed by atoms with Crippen LogP contribution in [0, 0.1) is 24.8 Å². The van der Waals surface area contributed by atoms with Crippen molar-refractivity contribution in [1.29, 1.82) is 5.26 Å². The number of para-hydroxylation sites is 4. The van der Waals surface area contributed by atoms with Crippen LogP contribution < -0.4 is 29.3 Å². The molecule has 13 rings (SSSR count). The Bertz CT molecular complexity index is 3810. The largest absolute Gasteiger partial charge is 0.743 e. The van der Waals surface area contributed by atoms with E-state index in [9.17, 15) is 11.8 Å². The van der Waals surface area contributed by atoms with Gasteiger partial charge in [0.25, 0.3) is 0 Å². The van der Waals surface area contributed by atoms with Gasteiger partial charge in [0.15, 0.2) is 0 Å². The lowest BCUT2D eigenvalue weighted by atomic mass is 9.99. The Labute approximate surface area is 399 Å². The number of rotatable bonds is 6. The van der Waals surface area contributed by atoms with E-state index in [-0.39, 0.29) is 5.92 Å². The molecule has 0 N–H and O–H groups in total. The third-order valence-electron chi connectivity index (χ3n) is 12.8. The van der Waals surface area contributed by atoms with Gasteiger partial charge in [-0.25, -0.2) is 9.84 Å². The van der Waals surface area contributed by atoms with Crippen LogP contribution in [0.1, 0.15) is 31.0 Å². The van der Waals surface area contributed by atoms with Crippen molar-refractivity contribution < 1.29 is 18.6 Å². The molecule has 7 aromatic carbocycles. The number of aliphatic imine (C=N–C) groups is 2. The number of aromatic nitrogens is 2. The second kappa shape index (κ2) is 15.5. The van der Waals surface area contributed by atoms with Crippen LogP contribution in [-0.4, -0.2) is 33.6 Å². The van der Waals surface area contributed by atoms with Crippen molar-refractivity contribution >= 4 is 103 Å². The summed E-state index contributed by atoms with van der Waals surface area (Å²) in [5, 5.41) is 19.5. The lowest BCUT2D eigenvalue weighted by molar-refractivity contribution is 0.473. The van der Waals surface area contributed by atoms with E-state index in [1.54, 1.807) is 0 Å². The highest BCUT2D eigenvalue weighted by molar-refractivity contribution is 8.15. The highest BCUT2D eigenvalue weighted by Gasteiger charge is 2.45. The smallest absolute Gasteiger partial charge is 0.503 e. The Morgan fingerprint density at radius 2 is 1.10 bits per heavy atom. The molecule has 0 radical (unpaired) electrons. The molecule has 0 aliphatic carbocycles. The van der Waals surface area contributed by atoms with E-state index in [0.29, 0.717) is 71.5 Å². The van der Waals surface area contributed by atoms with Gasteiger partial charge in [-0.15, -0.1) is 0 Å². The zero-order valence-corrected chi connectivity index (χ0v) is 38.4. The SMILES string of the molecule is [C-]#[N+]/C(C1=Nc2cccc3cccc(c23)S1)=c1\c2c(C(C)C)n(B3Oc4ccccc4O3)/c(=C(/C#N)C3=Nc4cccc5cccc(c45)S3)c2c(-c2ccccc2C)n1B1Oc2ccccc2O1. The van der Waals surface area contributed by atoms with Crippen LogP contribution in [0.5, 0.6) is 23.0 Å². The fourth-order valence-electron chi connectivity index (χ4n) is 10.0. The van der Waals surface area contributed by atoms with Gasteiger partial charge in [0.1, 0.15) is 44.7 Å². The minimum absolute atomic E-state index is 0.234. The summed E-state index contributed by atoms with van der Waals surface area (Å²) in [7, 11) is -2.12. The molecule has 0 fully saturated rings. The topological polar surface area (TPSA) is 99.7 Å². The molecule has 4 aliphatic heterocycles. The molecule has 0 spiro atoms. The fraction of sp³-hybridized carbons (Fsp3) is 0.0741. The van der Waals surface area contributed by atoms with Gasteiger partial charge in [-0.3, -0.25) is 4.99 Å². The molecule has 4 aliphatic rings. The molecular weight excluding hydrogens is 882 g/mol. The van der Waals surface area contributed by atoms with Crippen molar-refractivity contribution in [3.05, 3.63) is 179 Å². The summed E-state index contributed by atoms with van der Waals surface area (Å²) in [6, 6.07) is 50.5. The fourth-order valence-corrected chi connectivity index (χ4v) is 12.1. The molecule has 0 amide bonds. The molecule has 322 valence electrons. The highest BCUT2D eigenvalue weighted by atomic mass is 32.2.